The van der Waals surface area contributed by atoms with Crippen molar-refractivity contribution in [3.05, 3.63) is 60.6 Å². The normalized spacial score (nSPS) is 12.1. The summed E-state index contributed by atoms with van der Waals surface area (Å²) >= 11 is 0. The fraction of sp³-hybridized carbons (Fsp3) is 0.263. The molecular formula is C19H21N3O. The Bertz CT molecular complexity index is 766. The van der Waals surface area contributed by atoms with Crippen LogP contribution in [0.3, 0.4) is 0 Å². The van der Waals surface area contributed by atoms with Crippen molar-refractivity contribution in [2.75, 3.05) is 12.4 Å². The smallest absolute Gasteiger partial charge is 0.118 e. The minimum absolute atomic E-state index is 0.371. The number of pyridine rings is 2. The number of hydrogen-bond donors (Lipinski definition) is 1. The SMILES string of the molecule is COc1ccc(CCC(C)Nc2ccnc3cnccc23)cc1. The first kappa shape index (κ1) is 15.3. The van der Waals surface area contributed by atoms with Gasteiger partial charge in [-0.3, -0.25) is 9.97 Å². The van der Waals surface area contributed by atoms with Crippen LogP contribution < -0.4 is 10.1 Å². The van der Waals surface area contributed by atoms with Crippen molar-refractivity contribution in [2.45, 2.75) is 25.8 Å². The number of hydrogen-bond acceptors (Lipinski definition) is 4. The molecule has 2 heterocycles. The molecule has 4 heteroatoms. The molecule has 0 saturated heterocycles. The summed E-state index contributed by atoms with van der Waals surface area (Å²) in [5.41, 5.74) is 3.35. The van der Waals surface area contributed by atoms with Gasteiger partial charge in [0, 0.05) is 29.5 Å². The van der Waals surface area contributed by atoms with E-state index in [-0.39, 0.29) is 0 Å². The Morgan fingerprint density at radius 1 is 1.09 bits per heavy atom. The predicted molar refractivity (Wildman–Crippen MR) is 93.9 cm³/mol. The van der Waals surface area contributed by atoms with E-state index >= 15 is 0 Å². The Morgan fingerprint density at radius 2 is 1.91 bits per heavy atom. The van der Waals surface area contributed by atoms with Crippen LogP contribution in [0.5, 0.6) is 5.75 Å². The third kappa shape index (κ3) is 3.77. The molecule has 2 aromatic heterocycles. The monoisotopic (exact) mass is 307 g/mol. The zero-order valence-electron chi connectivity index (χ0n) is 13.5. The number of benzene rings is 1. The van der Waals surface area contributed by atoms with E-state index in [9.17, 15) is 0 Å². The zero-order valence-corrected chi connectivity index (χ0v) is 13.5. The van der Waals surface area contributed by atoms with Gasteiger partial charge in [-0.15, -0.1) is 0 Å². The average Bonchev–Trinajstić information content (AvgIpc) is 2.61. The molecule has 0 amide bonds. The topological polar surface area (TPSA) is 47.0 Å². The number of nitrogens with one attached hydrogen (secondary N) is 1. The van der Waals surface area contributed by atoms with E-state index < -0.39 is 0 Å². The van der Waals surface area contributed by atoms with Gasteiger partial charge in [0.1, 0.15) is 5.75 Å². The summed E-state index contributed by atoms with van der Waals surface area (Å²) in [6.45, 7) is 2.21. The molecule has 1 aromatic carbocycles. The number of aromatic nitrogens is 2. The fourth-order valence-corrected chi connectivity index (χ4v) is 2.64. The van der Waals surface area contributed by atoms with Gasteiger partial charge in [0.2, 0.25) is 0 Å². The van der Waals surface area contributed by atoms with E-state index in [4.69, 9.17) is 4.74 Å². The molecule has 4 nitrogen and oxygen atoms in total. The largest absolute Gasteiger partial charge is 0.497 e. The second-order valence-electron chi connectivity index (χ2n) is 5.68. The van der Waals surface area contributed by atoms with Crippen LogP contribution in [-0.2, 0) is 6.42 Å². The molecule has 0 fully saturated rings. The summed E-state index contributed by atoms with van der Waals surface area (Å²) < 4.78 is 5.19. The third-order valence-corrected chi connectivity index (χ3v) is 3.97. The quantitative estimate of drug-likeness (QED) is 0.745. The molecule has 0 radical (unpaired) electrons. The Morgan fingerprint density at radius 3 is 2.70 bits per heavy atom. The van der Waals surface area contributed by atoms with Gasteiger partial charge in [-0.1, -0.05) is 12.1 Å². The number of rotatable bonds is 6. The van der Waals surface area contributed by atoms with Crippen LogP contribution in [0.4, 0.5) is 5.69 Å². The van der Waals surface area contributed by atoms with Crippen molar-refractivity contribution in [3.63, 3.8) is 0 Å². The van der Waals surface area contributed by atoms with Crippen molar-refractivity contribution in [1.82, 2.24) is 9.97 Å². The van der Waals surface area contributed by atoms with E-state index in [1.165, 1.54) is 5.56 Å². The van der Waals surface area contributed by atoms with Crippen molar-refractivity contribution >= 4 is 16.6 Å². The maximum absolute atomic E-state index is 5.19. The van der Waals surface area contributed by atoms with E-state index in [1.807, 2.05) is 30.5 Å². The fourth-order valence-electron chi connectivity index (χ4n) is 2.64. The summed E-state index contributed by atoms with van der Waals surface area (Å²) in [6.07, 6.45) is 7.51. The van der Waals surface area contributed by atoms with Crippen LogP contribution in [0, 0.1) is 0 Å². The Kier molecular flexibility index (Phi) is 4.71. The third-order valence-electron chi connectivity index (χ3n) is 3.97. The maximum Gasteiger partial charge on any atom is 0.118 e. The second-order valence-corrected chi connectivity index (χ2v) is 5.68. The predicted octanol–water partition coefficient (Wildman–Crippen LogP) is 4.07. The Hall–Kier alpha value is -2.62. The lowest BCUT2D eigenvalue weighted by molar-refractivity contribution is 0.414. The van der Waals surface area contributed by atoms with Gasteiger partial charge in [-0.25, -0.2) is 0 Å². The van der Waals surface area contributed by atoms with Gasteiger partial charge in [-0.05, 0) is 49.6 Å². The average molecular weight is 307 g/mol. The van der Waals surface area contributed by atoms with Gasteiger partial charge in [0.15, 0.2) is 0 Å². The molecule has 3 aromatic rings. The lowest BCUT2D eigenvalue weighted by Crippen LogP contribution is -2.16. The minimum Gasteiger partial charge on any atom is -0.497 e. The van der Waals surface area contributed by atoms with Crippen LogP contribution in [0.1, 0.15) is 18.9 Å². The Balaban J connectivity index is 1.63. The highest BCUT2D eigenvalue weighted by Gasteiger charge is 2.06. The lowest BCUT2D eigenvalue weighted by Gasteiger charge is -2.16. The Labute approximate surface area is 136 Å². The summed E-state index contributed by atoms with van der Waals surface area (Å²) in [5.74, 6) is 0.900. The molecule has 0 aliphatic carbocycles. The van der Waals surface area contributed by atoms with Gasteiger partial charge in [0.05, 0.1) is 18.8 Å². The summed E-state index contributed by atoms with van der Waals surface area (Å²) in [7, 11) is 1.69. The highest BCUT2D eigenvalue weighted by Crippen LogP contribution is 2.22. The molecular weight excluding hydrogens is 286 g/mol. The summed E-state index contributed by atoms with van der Waals surface area (Å²) in [4.78, 5) is 8.47. The molecule has 23 heavy (non-hydrogen) atoms. The number of ether oxygens (including phenoxy) is 1. The number of aryl methyl sites for hydroxylation is 1. The molecule has 0 bridgehead atoms. The van der Waals surface area contributed by atoms with Crippen molar-refractivity contribution in [1.29, 1.82) is 0 Å². The van der Waals surface area contributed by atoms with Crippen molar-refractivity contribution in [2.24, 2.45) is 0 Å². The number of nitrogens with zero attached hydrogens (tertiary/aromatic N) is 2. The van der Waals surface area contributed by atoms with Crippen LogP contribution in [0.15, 0.2) is 55.0 Å². The van der Waals surface area contributed by atoms with Crippen LogP contribution in [-0.4, -0.2) is 23.1 Å². The first-order valence-corrected chi connectivity index (χ1v) is 7.84. The molecule has 1 atom stereocenters. The first-order chi connectivity index (χ1) is 11.3. The van der Waals surface area contributed by atoms with Gasteiger partial charge in [0.25, 0.3) is 0 Å². The molecule has 118 valence electrons. The molecule has 3 rings (SSSR count). The van der Waals surface area contributed by atoms with E-state index in [0.717, 1.165) is 35.2 Å². The highest BCUT2D eigenvalue weighted by molar-refractivity contribution is 5.90. The van der Waals surface area contributed by atoms with Crippen molar-refractivity contribution in [3.8, 4) is 5.75 Å². The molecule has 0 aliphatic heterocycles. The molecule has 1 unspecified atom stereocenters. The van der Waals surface area contributed by atoms with Gasteiger partial charge >= 0.3 is 0 Å². The summed E-state index contributed by atoms with van der Waals surface area (Å²) in [6, 6.07) is 12.7. The van der Waals surface area contributed by atoms with E-state index in [2.05, 4.69) is 34.3 Å². The van der Waals surface area contributed by atoms with E-state index in [1.54, 1.807) is 19.5 Å². The van der Waals surface area contributed by atoms with Gasteiger partial charge in [-0.2, -0.15) is 0 Å². The summed E-state index contributed by atoms with van der Waals surface area (Å²) in [5, 5.41) is 4.70. The van der Waals surface area contributed by atoms with E-state index in [0.29, 0.717) is 6.04 Å². The number of anilines is 1. The van der Waals surface area contributed by atoms with Crippen molar-refractivity contribution < 1.29 is 4.74 Å². The van der Waals surface area contributed by atoms with Crippen LogP contribution in [0.25, 0.3) is 10.9 Å². The molecule has 1 N–H and O–H groups in total. The number of methoxy groups -OCH3 is 1. The highest BCUT2D eigenvalue weighted by atomic mass is 16.5. The molecule has 0 saturated carbocycles. The molecule has 0 spiro atoms. The zero-order chi connectivity index (χ0) is 16.1. The standard InChI is InChI=1S/C19H21N3O/c1-14(3-4-15-5-7-16(23-2)8-6-15)22-18-10-12-21-19-13-20-11-9-17(18)19/h5-14H,3-4H2,1-2H3,(H,21,22). The maximum atomic E-state index is 5.19. The van der Waals surface area contributed by atoms with Crippen LogP contribution in [0.2, 0.25) is 0 Å². The second kappa shape index (κ2) is 7.09. The molecule has 0 aliphatic rings. The lowest BCUT2D eigenvalue weighted by atomic mass is 10.1. The van der Waals surface area contributed by atoms with Gasteiger partial charge < -0.3 is 10.1 Å². The number of fused-ring (bicyclic) bond motifs is 1. The minimum atomic E-state index is 0.371. The first-order valence-electron chi connectivity index (χ1n) is 7.84. The van der Waals surface area contributed by atoms with Crippen LogP contribution >= 0.6 is 0 Å².